The maximum Gasteiger partial charge on any atom is 0.357 e. The maximum atomic E-state index is 12.2. The van der Waals surface area contributed by atoms with Crippen LogP contribution in [0, 0.1) is 0 Å². The highest BCUT2D eigenvalue weighted by atomic mass is 16.5. The number of carbonyl (C=O) groups excluding carboxylic acids is 2. The Kier molecular flexibility index (Phi) is 5.33. The normalized spacial score (nSPS) is 11.6. The minimum atomic E-state index is -0.951. The number of nitrogens with zero attached hydrogens (tertiary/aromatic N) is 3. The van der Waals surface area contributed by atoms with Gasteiger partial charge in [-0.25, -0.2) is 4.79 Å². The van der Waals surface area contributed by atoms with Crippen molar-refractivity contribution in [2.75, 3.05) is 0 Å². The molecule has 0 aliphatic carbocycles. The number of ether oxygens (including phenoxy) is 1. The number of aromatic nitrogens is 4. The molecule has 0 radical (unpaired) electrons. The summed E-state index contributed by atoms with van der Waals surface area (Å²) in [6.45, 7) is 1.76. The zero-order chi connectivity index (χ0) is 18.4. The second-order valence-electron chi connectivity index (χ2n) is 5.47. The van der Waals surface area contributed by atoms with E-state index < -0.39 is 18.0 Å². The number of H-pyrrole nitrogens is 1. The highest BCUT2D eigenvalue weighted by molar-refractivity contribution is 5.91. The van der Waals surface area contributed by atoms with Gasteiger partial charge in [0.25, 0.3) is 5.91 Å². The molecule has 0 aromatic carbocycles. The Labute approximate surface area is 149 Å². The Bertz CT molecular complexity index is 880. The lowest BCUT2D eigenvalue weighted by molar-refractivity contribution is -0.129. The van der Waals surface area contributed by atoms with E-state index in [1.165, 1.54) is 13.0 Å². The van der Waals surface area contributed by atoms with Gasteiger partial charge in [-0.1, -0.05) is 12.1 Å². The Hall–Kier alpha value is -3.55. The van der Waals surface area contributed by atoms with Crippen molar-refractivity contribution in [1.82, 2.24) is 25.5 Å². The molecule has 0 saturated heterocycles. The SMILES string of the molecule is CC(OC(=O)c1cc(-c2ccccn2)n[nH]1)C(=O)NCc1ccccn1. The summed E-state index contributed by atoms with van der Waals surface area (Å²) in [7, 11) is 0. The van der Waals surface area contributed by atoms with Crippen LogP contribution in [0.4, 0.5) is 0 Å². The van der Waals surface area contributed by atoms with Gasteiger partial charge in [0.15, 0.2) is 6.10 Å². The van der Waals surface area contributed by atoms with Crippen molar-refractivity contribution in [2.24, 2.45) is 0 Å². The number of nitrogens with one attached hydrogen (secondary N) is 2. The van der Waals surface area contributed by atoms with Crippen molar-refractivity contribution >= 4 is 11.9 Å². The van der Waals surface area contributed by atoms with Crippen molar-refractivity contribution in [3.05, 3.63) is 66.2 Å². The number of hydrogen-bond acceptors (Lipinski definition) is 6. The fourth-order valence-corrected chi connectivity index (χ4v) is 2.17. The van der Waals surface area contributed by atoms with E-state index in [4.69, 9.17) is 4.74 Å². The molecule has 0 aliphatic heterocycles. The molecule has 0 saturated carbocycles. The summed E-state index contributed by atoms with van der Waals surface area (Å²) in [6.07, 6.45) is 2.33. The van der Waals surface area contributed by atoms with Crippen LogP contribution in [0.2, 0.25) is 0 Å². The van der Waals surface area contributed by atoms with E-state index >= 15 is 0 Å². The average molecular weight is 351 g/mol. The summed E-state index contributed by atoms with van der Waals surface area (Å²) in [5, 5.41) is 9.31. The first-order chi connectivity index (χ1) is 12.6. The molecule has 8 nitrogen and oxygen atoms in total. The molecule has 1 unspecified atom stereocenters. The number of amides is 1. The van der Waals surface area contributed by atoms with Crippen molar-refractivity contribution in [1.29, 1.82) is 0 Å². The highest BCUT2D eigenvalue weighted by Gasteiger charge is 2.20. The fourth-order valence-electron chi connectivity index (χ4n) is 2.17. The maximum absolute atomic E-state index is 12.2. The van der Waals surface area contributed by atoms with Gasteiger partial charge in [0.2, 0.25) is 0 Å². The fraction of sp³-hybridized carbons (Fsp3) is 0.167. The van der Waals surface area contributed by atoms with Gasteiger partial charge in [-0.2, -0.15) is 5.10 Å². The summed E-state index contributed by atoms with van der Waals surface area (Å²) in [6, 6.07) is 12.3. The monoisotopic (exact) mass is 351 g/mol. The summed E-state index contributed by atoms with van der Waals surface area (Å²) >= 11 is 0. The van der Waals surface area contributed by atoms with Crippen molar-refractivity contribution < 1.29 is 14.3 Å². The van der Waals surface area contributed by atoms with E-state index in [1.54, 1.807) is 36.7 Å². The van der Waals surface area contributed by atoms with E-state index in [-0.39, 0.29) is 12.2 Å². The summed E-state index contributed by atoms with van der Waals surface area (Å²) in [5.74, 6) is -1.08. The Morgan fingerprint density at radius 3 is 2.58 bits per heavy atom. The van der Waals surface area contributed by atoms with E-state index in [2.05, 4.69) is 25.5 Å². The summed E-state index contributed by atoms with van der Waals surface area (Å²) in [5.41, 5.74) is 2.01. The lowest BCUT2D eigenvalue weighted by Crippen LogP contribution is -2.35. The standard InChI is InChI=1S/C18H17N5O3/c1-12(17(24)21-11-13-6-2-4-8-19-13)26-18(25)16-10-15(22-23-16)14-7-3-5-9-20-14/h2-10,12H,11H2,1H3,(H,21,24)(H,22,23). The smallest absolute Gasteiger partial charge is 0.357 e. The Morgan fingerprint density at radius 1 is 1.12 bits per heavy atom. The van der Waals surface area contributed by atoms with Gasteiger partial charge in [-0.3, -0.25) is 19.9 Å². The Balaban J connectivity index is 1.55. The average Bonchev–Trinajstić information content (AvgIpc) is 3.18. The summed E-state index contributed by atoms with van der Waals surface area (Å²) in [4.78, 5) is 32.5. The molecule has 0 bridgehead atoms. The third kappa shape index (κ3) is 4.29. The molecule has 2 N–H and O–H groups in total. The van der Waals surface area contributed by atoms with Crippen LogP contribution in [0.5, 0.6) is 0 Å². The third-order valence-electron chi connectivity index (χ3n) is 3.55. The molecule has 0 aliphatic rings. The molecular formula is C18H17N5O3. The van der Waals surface area contributed by atoms with Crippen LogP contribution in [-0.4, -0.2) is 38.1 Å². The lowest BCUT2D eigenvalue weighted by Gasteiger charge is -2.12. The molecule has 0 fully saturated rings. The van der Waals surface area contributed by atoms with E-state index in [9.17, 15) is 9.59 Å². The van der Waals surface area contributed by atoms with Gasteiger partial charge in [0.05, 0.1) is 17.9 Å². The van der Waals surface area contributed by atoms with Crippen LogP contribution >= 0.6 is 0 Å². The number of carbonyl (C=O) groups is 2. The van der Waals surface area contributed by atoms with Gasteiger partial charge >= 0.3 is 5.97 Å². The quantitative estimate of drug-likeness (QED) is 0.655. The largest absolute Gasteiger partial charge is 0.448 e. The molecule has 0 spiro atoms. The molecule has 132 valence electrons. The number of aromatic amines is 1. The first-order valence-electron chi connectivity index (χ1n) is 7.99. The molecule has 3 heterocycles. The first-order valence-corrected chi connectivity index (χ1v) is 7.99. The highest BCUT2D eigenvalue weighted by Crippen LogP contribution is 2.15. The third-order valence-corrected chi connectivity index (χ3v) is 3.55. The van der Waals surface area contributed by atoms with E-state index in [1.807, 2.05) is 12.1 Å². The van der Waals surface area contributed by atoms with Crippen molar-refractivity contribution in [3.63, 3.8) is 0 Å². The molecular weight excluding hydrogens is 334 g/mol. The minimum Gasteiger partial charge on any atom is -0.448 e. The van der Waals surface area contributed by atoms with E-state index in [0.717, 1.165) is 0 Å². The zero-order valence-corrected chi connectivity index (χ0v) is 14.0. The second-order valence-corrected chi connectivity index (χ2v) is 5.47. The van der Waals surface area contributed by atoms with Gasteiger partial charge < -0.3 is 10.1 Å². The van der Waals surface area contributed by atoms with Gasteiger partial charge in [0, 0.05) is 18.5 Å². The number of pyridine rings is 2. The minimum absolute atomic E-state index is 0.148. The number of hydrogen-bond donors (Lipinski definition) is 2. The molecule has 3 rings (SSSR count). The predicted octanol–water partition coefficient (Wildman–Crippen LogP) is 1.73. The van der Waals surface area contributed by atoms with Crippen LogP contribution < -0.4 is 5.32 Å². The van der Waals surface area contributed by atoms with Crippen molar-refractivity contribution in [2.45, 2.75) is 19.6 Å². The topological polar surface area (TPSA) is 110 Å². The zero-order valence-electron chi connectivity index (χ0n) is 14.0. The van der Waals surface area contributed by atoms with Gasteiger partial charge in [0.1, 0.15) is 11.4 Å². The molecule has 3 aromatic rings. The second kappa shape index (κ2) is 8.02. The molecule has 8 heteroatoms. The predicted molar refractivity (Wildman–Crippen MR) is 92.8 cm³/mol. The lowest BCUT2D eigenvalue weighted by atomic mass is 10.2. The van der Waals surface area contributed by atoms with Crippen LogP contribution in [0.1, 0.15) is 23.1 Å². The molecule has 1 atom stereocenters. The summed E-state index contributed by atoms with van der Waals surface area (Å²) < 4.78 is 5.17. The van der Waals surface area contributed by atoms with Crippen LogP contribution in [0.3, 0.4) is 0 Å². The number of esters is 1. The van der Waals surface area contributed by atoms with Crippen LogP contribution in [0.15, 0.2) is 54.9 Å². The molecule has 3 aromatic heterocycles. The van der Waals surface area contributed by atoms with Crippen molar-refractivity contribution in [3.8, 4) is 11.4 Å². The van der Waals surface area contributed by atoms with Gasteiger partial charge in [-0.15, -0.1) is 0 Å². The molecule has 26 heavy (non-hydrogen) atoms. The molecule has 1 amide bonds. The van der Waals surface area contributed by atoms with Crippen LogP contribution in [-0.2, 0) is 16.1 Å². The van der Waals surface area contributed by atoms with E-state index in [0.29, 0.717) is 17.1 Å². The van der Waals surface area contributed by atoms with Gasteiger partial charge in [-0.05, 0) is 31.2 Å². The first kappa shape index (κ1) is 17.3. The Morgan fingerprint density at radius 2 is 1.88 bits per heavy atom. The number of rotatable bonds is 6. The van der Waals surface area contributed by atoms with Crippen LogP contribution in [0.25, 0.3) is 11.4 Å².